The summed E-state index contributed by atoms with van der Waals surface area (Å²) in [6, 6.07) is 3.14. The minimum Gasteiger partial charge on any atom is -0.360 e. The summed E-state index contributed by atoms with van der Waals surface area (Å²) in [7, 11) is 1.68. The molecule has 0 bridgehead atoms. The SMILES string of the molecule is CCCCN(C)C(=O)c1c(-c2ccc(F)cc2F)noc1C. The van der Waals surface area contributed by atoms with E-state index in [1.807, 2.05) is 6.92 Å². The van der Waals surface area contributed by atoms with E-state index in [1.165, 1.54) is 6.07 Å². The van der Waals surface area contributed by atoms with Crippen LogP contribution in [0.1, 0.15) is 35.9 Å². The van der Waals surface area contributed by atoms with Crippen LogP contribution in [0.15, 0.2) is 22.7 Å². The number of rotatable bonds is 5. The van der Waals surface area contributed by atoms with Crippen molar-refractivity contribution >= 4 is 5.91 Å². The summed E-state index contributed by atoms with van der Waals surface area (Å²) >= 11 is 0. The van der Waals surface area contributed by atoms with Crippen LogP contribution in [-0.4, -0.2) is 29.6 Å². The van der Waals surface area contributed by atoms with Crippen LogP contribution in [0.2, 0.25) is 0 Å². The van der Waals surface area contributed by atoms with E-state index in [0.717, 1.165) is 25.0 Å². The van der Waals surface area contributed by atoms with E-state index < -0.39 is 11.6 Å². The number of aromatic nitrogens is 1. The second kappa shape index (κ2) is 6.68. The molecule has 0 unspecified atom stereocenters. The summed E-state index contributed by atoms with van der Waals surface area (Å²) in [5.74, 6) is -1.44. The third kappa shape index (κ3) is 3.16. The zero-order chi connectivity index (χ0) is 16.3. The number of unbranched alkanes of at least 4 members (excludes halogenated alkanes) is 1. The normalized spacial score (nSPS) is 10.8. The molecule has 0 N–H and O–H groups in total. The maximum Gasteiger partial charge on any atom is 0.259 e. The van der Waals surface area contributed by atoms with E-state index >= 15 is 0 Å². The van der Waals surface area contributed by atoms with Gasteiger partial charge in [-0.2, -0.15) is 0 Å². The van der Waals surface area contributed by atoms with Crippen LogP contribution in [0, 0.1) is 18.6 Å². The first-order chi connectivity index (χ1) is 10.5. The van der Waals surface area contributed by atoms with Crippen LogP contribution < -0.4 is 0 Å². The van der Waals surface area contributed by atoms with Gasteiger partial charge in [0.1, 0.15) is 28.7 Å². The van der Waals surface area contributed by atoms with Crippen LogP contribution in [-0.2, 0) is 0 Å². The molecule has 2 rings (SSSR count). The Kier molecular flexibility index (Phi) is 4.90. The number of nitrogens with zero attached hydrogens (tertiary/aromatic N) is 2. The van der Waals surface area contributed by atoms with Gasteiger partial charge in [-0.15, -0.1) is 0 Å². The molecule has 0 aliphatic heterocycles. The van der Waals surface area contributed by atoms with E-state index in [1.54, 1.807) is 18.9 Å². The smallest absolute Gasteiger partial charge is 0.259 e. The molecule has 0 spiro atoms. The highest BCUT2D eigenvalue weighted by molar-refractivity contribution is 6.00. The first kappa shape index (κ1) is 16.1. The number of halogens is 2. The number of amides is 1. The van der Waals surface area contributed by atoms with Crippen molar-refractivity contribution in [3.05, 3.63) is 41.2 Å². The third-order valence-corrected chi connectivity index (χ3v) is 3.46. The maximum atomic E-state index is 13.9. The maximum absolute atomic E-state index is 13.9. The number of hydrogen-bond acceptors (Lipinski definition) is 3. The van der Waals surface area contributed by atoms with Crippen molar-refractivity contribution in [2.75, 3.05) is 13.6 Å². The Morgan fingerprint density at radius 1 is 1.36 bits per heavy atom. The van der Waals surface area contributed by atoms with Crippen LogP contribution in [0.3, 0.4) is 0 Å². The highest BCUT2D eigenvalue weighted by Gasteiger charge is 2.25. The second-order valence-electron chi connectivity index (χ2n) is 5.17. The molecule has 0 saturated carbocycles. The van der Waals surface area contributed by atoms with Crippen LogP contribution in [0.25, 0.3) is 11.3 Å². The molecule has 0 fully saturated rings. The number of carbonyl (C=O) groups is 1. The van der Waals surface area contributed by atoms with Crippen molar-refractivity contribution in [1.29, 1.82) is 0 Å². The Morgan fingerprint density at radius 2 is 2.09 bits per heavy atom. The minimum atomic E-state index is -0.779. The quantitative estimate of drug-likeness (QED) is 0.844. The fraction of sp³-hybridized carbons (Fsp3) is 0.375. The number of aryl methyl sites for hydroxylation is 1. The highest BCUT2D eigenvalue weighted by Crippen LogP contribution is 2.28. The fourth-order valence-electron chi connectivity index (χ4n) is 2.18. The largest absolute Gasteiger partial charge is 0.360 e. The Bertz CT molecular complexity index is 683. The molecule has 0 aliphatic rings. The van der Waals surface area contributed by atoms with Gasteiger partial charge in [-0.05, 0) is 25.5 Å². The zero-order valence-electron chi connectivity index (χ0n) is 12.8. The van der Waals surface area contributed by atoms with Crippen molar-refractivity contribution in [3.8, 4) is 11.3 Å². The van der Waals surface area contributed by atoms with Gasteiger partial charge in [0.05, 0.1) is 0 Å². The first-order valence-corrected chi connectivity index (χ1v) is 7.12. The van der Waals surface area contributed by atoms with Gasteiger partial charge in [0, 0.05) is 25.2 Å². The van der Waals surface area contributed by atoms with Gasteiger partial charge in [-0.3, -0.25) is 4.79 Å². The molecule has 0 saturated heterocycles. The zero-order valence-corrected chi connectivity index (χ0v) is 12.8. The van der Waals surface area contributed by atoms with E-state index in [0.29, 0.717) is 12.3 Å². The molecule has 1 amide bonds. The van der Waals surface area contributed by atoms with Crippen LogP contribution in [0.4, 0.5) is 8.78 Å². The molecule has 1 heterocycles. The third-order valence-electron chi connectivity index (χ3n) is 3.46. The number of carbonyl (C=O) groups excluding carboxylic acids is 1. The molecule has 22 heavy (non-hydrogen) atoms. The average Bonchev–Trinajstić information content (AvgIpc) is 2.85. The predicted molar refractivity (Wildman–Crippen MR) is 78.5 cm³/mol. The van der Waals surface area contributed by atoms with E-state index in [-0.39, 0.29) is 22.7 Å². The van der Waals surface area contributed by atoms with Gasteiger partial charge in [0.2, 0.25) is 0 Å². The average molecular weight is 308 g/mol. The molecule has 2 aromatic rings. The Balaban J connectivity index is 2.41. The van der Waals surface area contributed by atoms with Crippen molar-refractivity contribution in [2.24, 2.45) is 0 Å². The molecule has 1 aromatic carbocycles. The molecule has 6 heteroatoms. The molecular weight excluding hydrogens is 290 g/mol. The summed E-state index contributed by atoms with van der Waals surface area (Å²) in [6.45, 7) is 4.21. The minimum absolute atomic E-state index is 0.0468. The lowest BCUT2D eigenvalue weighted by molar-refractivity contribution is 0.0792. The molecule has 0 aliphatic carbocycles. The van der Waals surface area contributed by atoms with Crippen molar-refractivity contribution in [2.45, 2.75) is 26.7 Å². The van der Waals surface area contributed by atoms with Gasteiger partial charge in [-0.25, -0.2) is 8.78 Å². The van der Waals surface area contributed by atoms with Crippen molar-refractivity contribution < 1.29 is 18.1 Å². The first-order valence-electron chi connectivity index (χ1n) is 7.12. The van der Waals surface area contributed by atoms with Gasteiger partial charge in [0.25, 0.3) is 5.91 Å². The van der Waals surface area contributed by atoms with Crippen molar-refractivity contribution in [3.63, 3.8) is 0 Å². The Hall–Kier alpha value is -2.24. The summed E-state index contributed by atoms with van der Waals surface area (Å²) in [5, 5.41) is 3.78. The molecule has 4 nitrogen and oxygen atoms in total. The lowest BCUT2D eigenvalue weighted by atomic mass is 10.0. The van der Waals surface area contributed by atoms with Gasteiger partial charge < -0.3 is 9.42 Å². The highest BCUT2D eigenvalue weighted by atomic mass is 19.1. The summed E-state index contributed by atoms with van der Waals surface area (Å²) < 4.78 is 32.0. The topological polar surface area (TPSA) is 46.3 Å². The van der Waals surface area contributed by atoms with Gasteiger partial charge >= 0.3 is 0 Å². The molecule has 0 atom stereocenters. The standard InChI is InChI=1S/C16H18F2N2O2/c1-4-5-8-20(3)16(21)14-10(2)22-19-15(14)12-7-6-11(17)9-13(12)18/h6-7,9H,4-5,8H2,1-3H3. The summed E-state index contributed by atoms with van der Waals surface area (Å²) in [6.07, 6.45) is 1.83. The predicted octanol–water partition coefficient (Wildman–Crippen LogP) is 3.80. The fourth-order valence-corrected chi connectivity index (χ4v) is 2.18. The lowest BCUT2D eigenvalue weighted by Crippen LogP contribution is -2.28. The summed E-state index contributed by atoms with van der Waals surface area (Å²) in [5.41, 5.74) is 0.359. The number of hydrogen-bond donors (Lipinski definition) is 0. The van der Waals surface area contributed by atoms with E-state index in [4.69, 9.17) is 4.52 Å². The molecular formula is C16H18F2N2O2. The van der Waals surface area contributed by atoms with Gasteiger partial charge in [0.15, 0.2) is 0 Å². The number of benzene rings is 1. The summed E-state index contributed by atoms with van der Waals surface area (Å²) in [4.78, 5) is 14.1. The molecule has 1 aromatic heterocycles. The molecule has 0 radical (unpaired) electrons. The van der Waals surface area contributed by atoms with E-state index in [9.17, 15) is 13.6 Å². The van der Waals surface area contributed by atoms with E-state index in [2.05, 4.69) is 5.16 Å². The van der Waals surface area contributed by atoms with Gasteiger partial charge in [-0.1, -0.05) is 18.5 Å². The molecule has 118 valence electrons. The van der Waals surface area contributed by atoms with Crippen LogP contribution in [0.5, 0.6) is 0 Å². The van der Waals surface area contributed by atoms with Crippen LogP contribution >= 0.6 is 0 Å². The second-order valence-corrected chi connectivity index (χ2v) is 5.17. The monoisotopic (exact) mass is 308 g/mol. The Morgan fingerprint density at radius 3 is 2.73 bits per heavy atom. The van der Waals surface area contributed by atoms with Crippen molar-refractivity contribution in [1.82, 2.24) is 10.1 Å². The Labute approximate surface area is 127 Å². The lowest BCUT2D eigenvalue weighted by Gasteiger charge is -2.16.